The molecule has 0 radical (unpaired) electrons. The second kappa shape index (κ2) is 7.67. The van der Waals surface area contributed by atoms with Gasteiger partial charge >= 0.3 is 0 Å². The number of hydrogen-bond donors (Lipinski definition) is 2. The van der Waals surface area contributed by atoms with Crippen molar-refractivity contribution >= 4 is 56.6 Å². The fourth-order valence-electron chi connectivity index (χ4n) is 3.47. The second-order valence-corrected chi connectivity index (χ2v) is 9.57. The van der Waals surface area contributed by atoms with E-state index in [0.29, 0.717) is 12.1 Å². The standard InChI is InChI=1S/C20H15Cl2N3O5S/c1-10-2-7-17(18(26)23-10)25-19(27)13-5-3-11(8-14(13)20(25)28)24-31(29,30)12-4-6-15(21)16(22)9-12/h3-6,8-9,17,24H,1-2,7H2,(H,23,26). The molecule has 160 valence electrons. The summed E-state index contributed by atoms with van der Waals surface area (Å²) in [6, 6.07) is 6.87. The zero-order valence-corrected chi connectivity index (χ0v) is 18.1. The first kappa shape index (κ1) is 21.4. The molecule has 2 aliphatic rings. The molecular formula is C20H15Cl2N3O5S. The molecular weight excluding hydrogens is 465 g/mol. The van der Waals surface area contributed by atoms with Gasteiger partial charge < -0.3 is 5.32 Å². The smallest absolute Gasteiger partial charge is 0.262 e. The molecule has 4 rings (SSSR count). The topological polar surface area (TPSA) is 113 Å². The number of carbonyl (C=O) groups is 3. The SMILES string of the molecule is C=C1CCC(N2C(=O)c3ccc(NS(=O)(=O)c4ccc(Cl)c(Cl)c4)cc3C2=O)C(=O)N1. The van der Waals surface area contributed by atoms with Gasteiger partial charge in [-0.1, -0.05) is 29.8 Å². The Morgan fingerprint density at radius 1 is 1.00 bits per heavy atom. The monoisotopic (exact) mass is 479 g/mol. The Kier molecular flexibility index (Phi) is 5.28. The van der Waals surface area contributed by atoms with Crippen molar-refractivity contribution in [1.82, 2.24) is 10.2 Å². The summed E-state index contributed by atoms with van der Waals surface area (Å²) in [5, 5.41) is 2.83. The highest BCUT2D eigenvalue weighted by Crippen LogP contribution is 2.31. The van der Waals surface area contributed by atoms with Crippen LogP contribution in [0, 0.1) is 0 Å². The third-order valence-corrected chi connectivity index (χ3v) is 7.12. The summed E-state index contributed by atoms with van der Waals surface area (Å²) in [5.74, 6) is -1.75. The lowest BCUT2D eigenvalue weighted by molar-refractivity contribution is -0.125. The normalized spacial score (nSPS) is 18.8. The molecule has 0 spiro atoms. The number of sulfonamides is 1. The minimum atomic E-state index is -4.03. The van der Waals surface area contributed by atoms with Crippen LogP contribution in [-0.4, -0.2) is 37.1 Å². The molecule has 0 aromatic heterocycles. The lowest BCUT2D eigenvalue weighted by atomic mass is 10.0. The zero-order chi connectivity index (χ0) is 22.5. The van der Waals surface area contributed by atoms with Gasteiger partial charge in [0.1, 0.15) is 6.04 Å². The van der Waals surface area contributed by atoms with E-state index in [0.717, 1.165) is 4.90 Å². The summed E-state index contributed by atoms with van der Waals surface area (Å²) in [6.07, 6.45) is 0.714. The predicted octanol–water partition coefficient (Wildman–Crippen LogP) is 3.18. The Labute approximate surface area is 187 Å². The number of halogens is 2. The minimum absolute atomic E-state index is 0.0107. The fourth-order valence-corrected chi connectivity index (χ4v) is 4.91. The van der Waals surface area contributed by atoms with E-state index in [-0.39, 0.29) is 38.2 Å². The van der Waals surface area contributed by atoms with Crippen molar-refractivity contribution in [3.05, 3.63) is 69.8 Å². The minimum Gasteiger partial charge on any atom is -0.329 e. The number of fused-ring (bicyclic) bond motifs is 1. The molecule has 31 heavy (non-hydrogen) atoms. The van der Waals surface area contributed by atoms with Crippen LogP contribution in [0.1, 0.15) is 33.6 Å². The highest BCUT2D eigenvalue weighted by molar-refractivity contribution is 7.92. The highest BCUT2D eigenvalue weighted by atomic mass is 35.5. The van der Waals surface area contributed by atoms with Crippen molar-refractivity contribution in [3.8, 4) is 0 Å². The van der Waals surface area contributed by atoms with Gasteiger partial charge in [0.05, 0.1) is 26.1 Å². The molecule has 3 amide bonds. The third-order valence-electron chi connectivity index (χ3n) is 5.01. The van der Waals surface area contributed by atoms with Crippen molar-refractivity contribution in [2.45, 2.75) is 23.8 Å². The lowest BCUT2D eigenvalue weighted by Crippen LogP contribution is -2.51. The molecule has 0 bridgehead atoms. The van der Waals surface area contributed by atoms with E-state index in [1.807, 2.05) is 0 Å². The number of nitrogens with one attached hydrogen (secondary N) is 2. The molecule has 0 saturated carbocycles. The average molecular weight is 480 g/mol. The van der Waals surface area contributed by atoms with Crippen LogP contribution in [0.25, 0.3) is 0 Å². The molecule has 0 aliphatic carbocycles. The number of imide groups is 1. The van der Waals surface area contributed by atoms with Gasteiger partial charge in [0.15, 0.2) is 0 Å². The van der Waals surface area contributed by atoms with Gasteiger partial charge in [0.2, 0.25) is 5.91 Å². The first-order valence-electron chi connectivity index (χ1n) is 9.07. The molecule has 1 fully saturated rings. The maximum absolute atomic E-state index is 12.9. The second-order valence-electron chi connectivity index (χ2n) is 7.07. The quantitative estimate of drug-likeness (QED) is 0.653. The molecule has 8 nitrogen and oxygen atoms in total. The molecule has 1 atom stereocenters. The number of hydrogen-bond acceptors (Lipinski definition) is 5. The van der Waals surface area contributed by atoms with Crippen LogP contribution in [0.15, 0.2) is 53.6 Å². The third kappa shape index (κ3) is 3.80. The maximum Gasteiger partial charge on any atom is 0.262 e. The summed E-state index contributed by atoms with van der Waals surface area (Å²) in [7, 11) is -4.03. The zero-order valence-electron chi connectivity index (χ0n) is 15.8. The highest BCUT2D eigenvalue weighted by Gasteiger charge is 2.44. The first-order chi connectivity index (χ1) is 14.6. The number of nitrogens with zero attached hydrogens (tertiary/aromatic N) is 1. The average Bonchev–Trinajstić information content (AvgIpc) is 2.94. The largest absolute Gasteiger partial charge is 0.329 e. The number of piperidine rings is 1. The van der Waals surface area contributed by atoms with Crippen molar-refractivity contribution < 1.29 is 22.8 Å². The van der Waals surface area contributed by atoms with E-state index >= 15 is 0 Å². The fraction of sp³-hybridized carbons (Fsp3) is 0.150. The summed E-state index contributed by atoms with van der Waals surface area (Å²) >= 11 is 11.7. The van der Waals surface area contributed by atoms with Crippen molar-refractivity contribution in [1.29, 1.82) is 0 Å². The van der Waals surface area contributed by atoms with Crippen LogP contribution in [0.3, 0.4) is 0 Å². The molecule has 2 aromatic carbocycles. The van der Waals surface area contributed by atoms with Gasteiger partial charge in [-0.2, -0.15) is 0 Å². The van der Waals surface area contributed by atoms with Gasteiger partial charge in [-0.25, -0.2) is 8.42 Å². The predicted molar refractivity (Wildman–Crippen MR) is 115 cm³/mol. The molecule has 1 saturated heterocycles. The van der Waals surface area contributed by atoms with Gasteiger partial charge in [0, 0.05) is 11.4 Å². The van der Waals surface area contributed by atoms with Gasteiger partial charge in [-0.05, 0) is 49.2 Å². The van der Waals surface area contributed by atoms with Crippen molar-refractivity contribution in [2.75, 3.05) is 4.72 Å². The summed E-state index contributed by atoms with van der Waals surface area (Å²) in [5.41, 5.74) is 0.711. The first-order valence-corrected chi connectivity index (χ1v) is 11.3. The summed E-state index contributed by atoms with van der Waals surface area (Å²) < 4.78 is 27.7. The van der Waals surface area contributed by atoms with Crippen LogP contribution >= 0.6 is 23.2 Å². The summed E-state index contributed by atoms with van der Waals surface area (Å²) in [6.45, 7) is 3.68. The molecule has 2 heterocycles. The molecule has 2 N–H and O–H groups in total. The number of rotatable bonds is 4. The Morgan fingerprint density at radius 3 is 2.39 bits per heavy atom. The van der Waals surface area contributed by atoms with Crippen LogP contribution in [0.4, 0.5) is 5.69 Å². The number of benzene rings is 2. The Hall–Kier alpha value is -2.88. The molecule has 2 aliphatic heterocycles. The molecule has 11 heteroatoms. The van der Waals surface area contributed by atoms with Crippen molar-refractivity contribution in [2.24, 2.45) is 0 Å². The maximum atomic E-state index is 12.9. The Morgan fingerprint density at radius 2 is 1.71 bits per heavy atom. The number of amides is 3. The number of anilines is 1. The Bertz CT molecular complexity index is 1280. The van der Waals surface area contributed by atoms with E-state index in [1.54, 1.807) is 0 Å². The van der Waals surface area contributed by atoms with Gasteiger partial charge in [0.25, 0.3) is 21.8 Å². The lowest BCUT2D eigenvalue weighted by Gasteiger charge is -2.29. The van der Waals surface area contributed by atoms with Gasteiger partial charge in [-0.15, -0.1) is 0 Å². The number of carbonyl (C=O) groups excluding carboxylic acids is 3. The van der Waals surface area contributed by atoms with E-state index in [9.17, 15) is 22.8 Å². The van der Waals surface area contributed by atoms with Crippen molar-refractivity contribution in [3.63, 3.8) is 0 Å². The Balaban J connectivity index is 1.62. The van der Waals surface area contributed by atoms with E-state index < -0.39 is 33.8 Å². The van der Waals surface area contributed by atoms with Crippen LogP contribution in [-0.2, 0) is 14.8 Å². The van der Waals surface area contributed by atoms with E-state index in [4.69, 9.17) is 23.2 Å². The van der Waals surface area contributed by atoms with Crippen LogP contribution < -0.4 is 10.0 Å². The molecule has 1 unspecified atom stereocenters. The van der Waals surface area contributed by atoms with Gasteiger partial charge in [-0.3, -0.25) is 24.0 Å². The van der Waals surface area contributed by atoms with Crippen LogP contribution in [0.5, 0.6) is 0 Å². The van der Waals surface area contributed by atoms with E-state index in [2.05, 4.69) is 16.6 Å². The number of allylic oxidation sites excluding steroid dienone is 1. The summed E-state index contributed by atoms with van der Waals surface area (Å²) in [4.78, 5) is 38.7. The van der Waals surface area contributed by atoms with E-state index in [1.165, 1.54) is 36.4 Å². The van der Waals surface area contributed by atoms with Crippen LogP contribution in [0.2, 0.25) is 10.0 Å². The molecule has 2 aromatic rings.